The van der Waals surface area contributed by atoms with E-state index < -0.39 is 0 Å². The number of hydrogen-bond acceptors (Lipinski definition) is 2. The number of rotatable bonds is 3. The molecule has 1 rings (SSSR count). The second-order valence-electron chi connectivity index (χ2n) is 3.11. The smallest absolute Gasteiger partial charge is 0.317 e. The Morgan fingerprint density at radius 2 is 2.06 bits per heavy atom. The van der Waals surface area contributed by atoms with E-state index in [0.29, 0.717) is 6.61 Å². The monoisotopic (exact) mass is 280 g/mol. The number of hydrogen-bond donors (Lipinski definition) is 0. The number of benzene rings is 1. The highest BCUT2D eigenvalue weighted by molar-refractivity contribution is 9.08. The zero-order valence-electron chi connectivity index (χ0n) is 9.13. The molecule has 1 aromatic carbocycles. The molecule has 16 heavy (non-hydrogen) atoms. The fourth-order valence-corrected chi connectivity index (χ4v) is 1.48. The number of esters is 1. The van der Waals surface area contributed by atoms with Crippen molar-refractivity contribution in [2.75, 3.05) is 6.61 Å². The molecule has 0 unspecified atom stereocenters. The third-order valence-corrected chi connectivity index (χ3v) is 2.53. The Hall–Kier alpha value is -1.27. The minimum absolute atomic E-state index is 0.147. The molecule has 0 heterocycles. The van der Waals surface area contributed by atoms with E-state index in [1.807, 2.05) is 24.3 Å². The van der Waals surface area contributed by atoms with Crippen molar-refractivity contribution >= 4 is 21.9 Å². The number of ether oxygens (including phenoxy) is 1. The average molecular weight is 281 g/mol. The highest BCUT2D eigenvalue weighted by Crippen LogP contribution is 2.06. The maximum atomic E-state index is 11.0. The lowest BCUT2D eigenvalue weighted by atomic mass is 10.1. The zero-order chi connectivity index (χ0) is 11.8. The topological polar surface area (TPSA) is 26.3 Å². The first-order valence-corrected chi connectivity index (χ1v) is 6.17. The largest absolute Gasteiger partial charge is 0.465 e. The van der Waals surface area contributed by atoms with E-state index in [9.17, 15) is 4.79 Å². The van der Waals surface area contributed by atoms with E-state index in [4.69, 9.17) is 4.74 Å². The first-order valence-electron chi connectivity index (χ1n) is 5.05. The number of alkyl halides is 1. The van der Waals surface area contributed by atoms with Crippen LogP contribution in [0.5, 0.6) is 0 Å². The third kappa shape index (κ3) is 4.50. The summed E-state index contributed by atoms with van der Waals surface area (Å²) >= 11 is 3.37. The molecule has 0 radical (unpaired) electrons. The minimum atomic E-state index is -0.271. The Kier molecular flexibility index (Phi) is 5.66. The van der Waals surface area contributed by atoms with Crippen LogP contribution in [0.3, 0.4) is 0 Å². The van der Waals surface area contributed by atoms with E-state index in [0.717, 1.165) is 10.9 Å². The molecule has 3 heteroatoms. The molecule has 2 nitrogen and oxygen atoms in total. The van der Waals surface area contributed by atoms with Crippen molar-refractivity contribution in [1.29, 1.82) is 0 Å². The summed E-state index contributed by atoms with van der Waals surface area (Å²) in [6, 6.07) is 7.88. The van der Waals surface area contributed by atoms with Gasteiger partial charge in [0.1, 0.15) is 6.42 Å². The minimum Gasteiger partial charge on any atom is -0.465 e. The van der Waals surface area contributed by atoms with Crippen molar-refractivity contribution < 1.29 is 9.53 Å². The van der Waals surface area contributed by atoms with Gasteiger partial charge in [0.2, 0.25) is 0 Å². The van der Waals surface area contributed by atoms with Gasteiger partial charge < -0.3 is 4.74 Å². The van der Waals surface area contributed by atoms with Gasteiger partial charge in [0.15, 0.2) is 0 Å². The summed E-state index contributed by atoms with van der Waals surface area (Å²) in [7, 11) is 0. The molecule has 0 spiro atoms. The molecule has 0 aliphatic heterocycles. The quantitative estimate of drug-likeness (QED) is 0.484. The number of carbonyl (C=O) groups is 1. The predicted octanol–water partition coefficient (Wildman–Crippen LogP) is 2.89. The average Bonchev–Trinajstić information content (AvgIpc) is 2.30. The molecule has 0 N–H and O–H groups in total. The van der Waals surface area contributed by atoms with Crippen LogP contribution in [-0.4, -0.2) is 12.6 Å². The Morgan fingerprint density at radius 1 is 1.38 bits per heavy atom. The van der Waals surface area contributed by atoms with Gasteiger partial charge in [-0.15, -0.1) is 0 Å². The molecule has 0 aliphatic carbocycles. The molecular formula is C13H13BrO2. The lowest BCUT2D eigenvalue weighted by Crippen LogP contribution is -2.01. The van der Waals surface area contributed by atoms with Crippen molar-refractivity contribution in [3.63, 3.8) is 0 Å². The molecule has 0 bridgehead atoms. The van der Waals surface area contributed by atoms with Crippen LogP contribution in [0.2, 0.25) is 0 Å². The van der Waals surface area contributed by atoms with Crippen LogP contribution in [0.25, 0.3) is 0 Å². The molecule has 0 fully saturated rings. The molecule has 0 saturated carbocycles. The van der Waals surface area contributed by atoms with Gasteiger partial charge in [-0.25, -0.2) is 0 Å². The Balaban J connectivity index is 2.53. The standard InChI is InChI=1S/C13H13BrO2/c1-2-16-13(15)5-3-4-11-6-8-12(10-14)9-7-11/h6-9H,2,5,10H2,1H3. The molecule has 0 aliphatic rings. The van der Waals surface area contributed by atoms with E-state index in [1.165, 1.54) is 5.56 Å². The lowest BCUT2D eigenvalue weighted by Gasteiger charge is -1.95. The molecule has 0 saturated heterocycles. The lowest BCUT2D eigenvalue weighted by molar-refractivity contribution is -0.141. The Labute approximate surface area is 104 Å². The highest BCUT2D eigenvalue weighted by Gasteiger charge is 1.96. The van der Waals surface area contributed by atoms with Gasteiger partial charge in [-0.1, -0.05) is 39.9 Å². The summed E-state index contributed by atoms with van der Waals surface area (Å²) in [5, 5.41) is 0.837. The first kappa shape index (κ1) is 12.8. The van der Waals surface area contributed by atoms with E-state index in [2.05, 4.69) is 27.8 Å². The van der Waals surface area contributed by atoms with Crippen LogP contribution in [0.15, 0.2) is 24.3 Å². The maximum Gasteiger partial charge on any atom is 0.317 e. The highest BCUT2D eigenvalue weighted by atomic mass is 79.9. The van der Waals surface area contributed by atoms with Crippen molar-refractivity contribution in [3.05, 3.63) is 35.4 Å². The normalized spacial score (nSPS) is 9.12. The van der Waals surface area contributed by atoms with Crippen LogP contribution in [0, 0.1) is 11.8 Å². The van der Waals surface area contributed by atoms with Crippen molar-refractivity contribution in [3.8, 4) is 11.8 Å². The molecule has 0 aromatic heterocycles. The number of halogens is 1. The van der Waals surface area contributed by atoms with Gasteiger partial charge in [0, 0.05) is 10.9 Å². The van der Waals surface area contributed by atoms with Crippen LogP contribution < -0.4 is 0 Å². The van der Waals surface area contributed by atoms with Gasteiger partial charge in [-0.2, -0.15) is 0 Å². The summed E-state index contributed by atoms with van der Waals surface area (Å²) in [5.41, 5.74) is 2.12. The molecular weight excluding hydrogens is 268 g/mol. The molecule has 0 amide bonds. The fraction of sp³-hybridized carbons (Fsp3) is 0.308. The van der Waals surface area contributed by atoms with Gasteiger partial charge in [0.25, 0.3) is 0 Å². The fourth-order valence-electron chi connectivity index (χ4n) is 1.11. The second-order valence-corrected chi connectivity index (χ2v) is 3.67. The molecule has 0 atom stereocenters. The number of carbonyl (C=O) groups excluding carboxylic acids is 1. The third-order valence-electron chi connectivity index (χ3n) is 1.88. The van der Waals surface area contributed by atoms with Crippen LogP contribution in [0.4, 0.5) is 0 Å². The van der Waals surface area contributed by atoms with E-state index in [-0.39, 0.29) is 12.4 Å². The second kappa shape index (κ2) is 7.08. The first-order chi connectivity index (χ1) is 7.76. The summed E-state index contributed by atoms with van der Waals surface area (Å²) < 4.78 is 4.77. The van der Waals surface area contributed by atoms with Crippen molar-refractivity contribution in [2.24, 2.45) is 0 Å². The van der Waals surface area contributed by atoms with Gasteiger partial charge in [-0.3, -0.25) is 4.79 Å². The maximum absolute atomic E-state index is 11.0. The van der Waals surface area contributed by atoms with Gasteiger partial charge >= 0.3 is 5.97 Å². The predicted molar refractivity (Wildman–Crippen MR) is 67.2 cm³/mol. The SMILES string of the molecule is CCOC(=O)CC#Cc1ccc(CBr)cc1. The summed E-state index contributed by atoms with van der Waals surface area (Å²) in [5.74, 6) is 5.44. The van der Waals surface area contributed by atoms with Crippen molar-refractivity contribution in [1.82, 2.24) is 0 Å². The van der Waals surface area contributed by atoms with Gasteiger partial charge in [0.05, 0.1) is 6.61 Å². The van der Waals surface area contributed by atoms with Crippen LogP contribution in [0.1, 0.15) is 24.5 Å². The van der Waals surface area contributed by atoms with Gasteiger partial charge in [-0.05, 0) is 24.6 Å². The summed E-state index contributed by atoms with van der Waals surface area (Å²) in [4.78, 5) is 11.0. The van der Waals surface area contributed by atoms with Crippen LogP contribution in [-0.2, 0) is 14.9 Å². The van der Waals surface area contributed by atoms with E-state index >= 15 is 0 Å². The summed E-state index contributed by atoms with van der Waals surface area (Å²) in [6.07, 6.45) is 0.147. The Morgan fingerprint density at radius 3 is 2.62 bits per heavy atom. The Bertz CT molecular complexity index is 398. The summed E-state index contributed by atoms with van der Waals surface area (Å²) in [6.45, 7) is 2.19. The molecule has 1 aromatic rings. The van der Waals surface area contributed by atoms with E-state index in [1.54, 1.807) is 6.92 Å². The van der Waals surface area contributed by atoms with Crippen LogP contribution >= 0.6 is 15.9 Å². The van der Waals surface area contributed by atoms with Crippen molar-refractivity contribution in [2.45, 2.75) is 18.7 Å². The zero-order valence-corrected chi connectivity index (χ0v) is 10.7. The molecule has 84 valence electrons.